The van der Waals surface area contributed by atoms with E-state index in [-0.39, 0.29) is 5.54 Å². The number of nitrogens with zero attached hydrogens (tertiary/aromatic N) is 1. The van der Waals surface area contributed by atoms with Gasteiger partial charge < -0.3 is 0 Å². The Morgan fingerprint density at radius 2 is 1.89 bits per heavy atom. The third kappa shape index (κ3) is 6.13. The molecule has 0 radical (unpaired) electrons. The van der Waals surface area contributed by atoms with Crippen LogP contribution < -0.4 is 0 Å². The first-order valence-electron chi connectivity index (χ1n) is 2.76. The number of alkyl halides is 1. The second-order valence-electron chi connectivity index (χ2n) is 2.79. The fourth-order valence-electron chi connectivity index (χ4n) is 0.394. The average Bonchev–Trinajstić information content (AvgIpc) is 1.62. The Bertz CT molecular complexity index is 113. The van der Waals surface area contributed by atoms with E-state index in [0.29, 0.717) is 11.1 Å². The third-order valence-corrected chi connectivity index (χ3v) is 1.18. The number of halogens is 2. The Kier molecular flexibility index (Phi) is 3.52. The second kappa shape index (κ2) is 3.43. The molecule has 0 N–H and O–H groups in total. The van der Waals surface area contributed by atoms with E-state index in [1.807, 2.05) is 20.8 Å². The van der Waals surface area contributed by atoms with Gasteiger partial charge in [0.2, 0.25) is 0 Å². The van der Waals surface area contributed by atoms with Gasteiger partial charge in [0, 0.05) is 0 Å². The van der Waals surface area contributed by atoms with Crippen LogP contribution in [-0.2, 0) is 0 Å². The van der Waals surface area contributed by atoms with E-state index >= 15 is 0 Å². The van der Waals surface area contributed by atoms with Gasteiger partial charge in [-0.25, -0.2) is 0 Å². The van der Waals surface area contributed by atoms with Crippen LogP contribution in [0.4, 0.5) is 0 Å². The molecular formula is C6H11Cl2N. The average molecular weight is 168 g/mol. The number of rotatable bonds is 1. The van der Waals surface area contributed by atoms with Crippen LogP contribution in [0, 0.1) is 0 Å². The maximum atomic E-state index is 5.57. The van der Waals surface area contributed by atoms with E-state index in [2.05, 4.69) is 4.99 Å². The number of aliphatic imine (C=N–C) groups is 1. The van der Waals surface area contributed by atoms with Gasteiger partial charge in [0.25, 0.3) is 0 Å². The van der Waals surface area contributed by atoms with Gasteiger partial charge >= 0.3 is 0 Å². The van der Waals surface area contributed by atoms with Gasteiger partial charge in [-0.3, -0.25) is 4.99 Å². The van der Waals surface area contributed by atoms with Crippen LogP contribution in [0.15, 0.2) is 4.99 Å². The highest BCUT2D eigenvalue weighted by molar-refractivity contribution is 6.69. The molecule has 0 fully saturated rings. The van der Waals surface area contributed by atoms with Crippen molar-refractivity contribution in [3.05, 3.63) is 0 Å². The molecular weight excluding hydrogens is 157 g/mol. The van der Waals surface area contributed by atoms with Gasteiger partial charge in [-0.05, 0) is 20.8 Å². The quantitative estimate of drug-likeness (QED) is 0.421. The molecule has 0 aromatic carbocycles. The fraction of sp³-hybridized carbons (Fsp3) is 0.833. The summed E-state index contributed by atoms with van der Waals surface area (Å²) < 4.78 is 0. The molecule has 3 heteroatoms. The lowest BCUT2D eigenvalue weighted by Gasteiger charge is -2.11. The molecule has 0 saturated heterocycles. The van der Waals surface area contributed by atoms with Crippen molar-refractivity contribution >= 4 is 28.4 Å². The molecule has 0 heterocycles. The molecule has 0 aromatic heterocycles. The Morgan fingerprint density at radius 1 is 1.44 bits per heavy atom. The SMILES string of the molecule is CC(C)(C)N=C(Cl)CCl. The summed E-state index contributed by atoms with van der Waals surface area (Å²) in [5.74, 6) is 0.304. The first-order valence-corrected chi connectivity index (χ1v) is 3.67. The molecule has 0 saturated carbocycles. The molecule has 9 heavy (non-hydrogen) atoms. The van der Waals surface area contributed by atoms with Gasteiger partial charge in [-0.15, -0.1) is 11.6 Å². The summed E-state index contributed by atoms with van der Waals surface area (Å²) in [4.78, 5) is 4.08. The summed E-state index contributed by atoms with van der Waals surface area (Å²) in [6, 6.07) is 0. The molecule has 54 valence electrons. The summed E-state index contributed by atoms with van der Waals surface area (Å²) in [5.41, 5.74) is -0.105. The van der Waals surface area contributed by atoms with E-state index in [9.17, 15) is 0 Å². The molecule has 0 aliphatic carbocycles. The normalized spacial score (nSPS) is 14.1. The summed E-state index contributed by atoms with van der Waals surface area (Å²) >= 11 is 11.0. The van der Waals surface area contributed by atoms with Crippen LogP contribution in [-0.4, -0.2) is 16.6 Å². The standard InChI is InChI=1S/C6H11Cl2N/c1-6(2,3)9-5(8)4-7/h4H2,1-3H3. The fourth-order valence-corrected chi connectivity index (χ4v) is 0.707. The number of hydrogen-bond donors (Lipinski definition) is 0. The lowest BCUT2D eigenvalue weighted by atomic mass is 10.1. The van der Waals surface area contributed by atoms with E-state index < -0.39 is 0 Å². The maximum absolute atomic E-state index is 5.57. The topological polar surface area (TPSA) is 12.4 Å². The van der Waals surface area contributed by atoms with Gasteiger partial charge in [0.1, 0.15) is 5.17 Å². The molecule has 0 amide bonds. The van der Waals surface area contributed by atoms with E-state index in [1.165, 1.54) is 0 Å². The zero-order chi connectivity index (χ0) is 7.49. The van der Waals surface area contributed by atoms with Crippen molar-refractivity contribution in [2.75, 3.05) is 5.88 Å². The van der Waals surface area contributed by atoms with Crippen molar-refractivity contribution in [2.45, 2.75) is 26.3 Å². The zero-order valence-corrected chi connectivity index (χ0v) is 7.42. The highest BCUT2D eigenvalue weighted by atomic mass is 35.5. The summed E-state index contributed by atoms with van der Waals surface area (Å²) in [6.45, 7) is 5.92. The Hall–Kier alpha value is 0.250. The number of hydrogen-bond acceptors (Lipinski definition) is 1. The molecule has 0 rings (SSSR count). The molecule has 1 nitrogen and oxygen atoms in total. The van der Waals surface area contributed by atoms with Crippen molar-refractivity contribution in [2.24, 2.45) is 4.99 Å². The van der Waals surface area contributed by atoms with Crippen molar-refractivity contribution in [3.8, 4) is 0 Å². The van der Waals surface area contributed by atoms with Gasteiger partial charge in [0.15, 0.2) is 0 Å². The highest BCUT2D eigenvalue weighted by Crippen LogP contribution is 2.08. The Labute approximate surface area is 66.1 Å². The van der Waals surface area contributed by atoms with Crippen molar-refractivity contribution in [1.82, 2.24) is 0 Å². The predicted molar refractivity (Wildman–Crippen MR) is 43.8 cm³/mol. The van der Waals surface area contributed by atoms with Gasteiger partial charge in [-0.1, -0.05) is 11.6 Å². The minimum absolute atomic E-state index is 0.105. The largest absolute Gasteiger partial charge is 0.271 e. The van der Waals surface area contributed by atoms with Crippen LogP contribution in [0.5, 0.6) is 0 Å². The summed E-state index contributed by atoms with van der Waals surface area (Å²) in [6.07, 6.45) is 0. The predicted octanol–water partition coefficient (Wildman–Crippen LogP) is 2.66. The molecule has 0 atom stereocenters. The highest BCUT2D eigenvalue weighted by Gasteiger charge is 2.07. The monoisotopic (exact) mass is 167 g/mol. The third-order valence-electron chi connectivity index (χ3n) is 0.567. The zero-order valence-electron chi connectivity index (χ0n) is 5.91. The van der Waals surface area contributed by atoms with Crippen LogP contribution in [0.2, 0.25) is 0 Å². The Morgan fingerprint density at radius 3 is 2.00 bits per heavy atom. The molecule has 0 aliphatic rings. The first-order chi connectivity index (χ1) is 3.95. The van der Waals surface area contributed by atoms with Crippen LogP contribution in [0.1, 0.15) is 20.8 Å². The van der Waals surface area contributed by atoms with Crippen LogP contribution >= 0.6 is 23.2 Å². The van der Waals surface area contributed by atoms with Crippen LogP contribution in [0.25, 0.3) is 0 Å². The molecule has 0 unspecified atom stereocenters. The molecule has 0 aromatic rings. The second-order valence-corrected chi connectivity index (χ2v) is 3.50. The van der Waals surface area contributed by atoms with Crippen LogP contribution in [0.3, 0.4) is 0 Å². The first kappa shape index (κ1) is 9.25. The molecule has 0 bridgehead atoms. The smallest absolute Gasteiger partial charge is 0.116 e. The summed E-state index contributed by atoms with van der Waals surface area (Å²) in [5, 5.41) is 0.476. The molecule has 0 spiro atoms. The van der Waals surface area contributed by atoms with Crippen molar-refractivity contribution in [1.29, 1.82) is 0 Å². The van der Waals surface area contributed by atoms with E-state index in [1.54, 1.807) is 0 Å². The van der Waals surface area contributed by atoms with Crippen molar-refractivity contribution in [3.63, 3.8) is 0 Å². The minimum Gasteiger partial charge on any atom is -0.271 e. The molecule has 0 aliphatic heterocycles. The van der Waals surface area contributed by atoms with Crippen molar-refractivity contribution < 1.29 is 0 Å². The minimum atomic E-state index is -0.105. The Balaban J connectivity index is 3.95. The van der Waals surface area contributed by atoms with Gasteiger partial charge in [-0.2, -0.15) is 0 Å². The maximum Gasteiger partial charge on any atom is 0.116 e. The lowest BCUT2D eigenvalue weighted by molar-refractivity contribution is 0.585. The van der Waals surface area contributed by atoms with E-state index in [0.717, 1.165) is 0 Å². The van der Waals surface area contributed by atoms with Gasteiger partial charge in [0.05, 0.1) is 11.4 Å². The summed E-state index contributed by atoms with van der Waals surface area (Å²) in [7, 11) is 0. The lowest BCUT2D eigenvalue weighted by Crippen LogP contribution is -2.12. The van der Waals surface area contributed by atoms with E-state index in [4.69, 9.17) is 23.2 Å².